The summed E-state index contributed by atoms with van der Waals surface area (Å²) in [5.74, 6) is 0.931. The number of phenols is 1. The molecule has 2 aliphatic rings. The lowest BCUT2D eigenvalue weighted by molar-refractivity contribution is 0.0527. The fourth-order valence-corrected chi connectivity index (χ4v) is 6.65. The van der Waals surface area contributed by atoms with E-state index in [1.807, 2.05) is 6.07 Å². The molecule has 212 valence electrons. The summed E-state index contributed by atoms with van der Waals surface area (Å²) in [4.78, 5) is 16.4. The van der Waals surface area contributed by atoms with E-state index in [0.717, 1.165) is 55.2 Å². The highest BCUT2D eigenvalue weighted by molar-refractivity contribution is 7.84. The first kappa shape index (κ1) is 29.2. The van der Waals surface area contributed by atoms with Crippen molar-refractivity contribution in [2.75, 3.05) is 33.9 Å². The number of aromatic hydroxyl groups is 1. The summed E-state index contributed by atoms with van der Waals surface area (Å²) in [6, 6.07) is 9.06. The second-order valence-electron chi connectivity index (χ2n) is 9.94. The third-order valence-electron chi connectivity index (χ3n) is 7.46. The van der Waals surface area contributed by atoms with Gasteiger partial charge in [-0.3, -0.25) is 9.11 Å². The summed E-state index contributed by atoms with van der Waals surface area (Å²) in [6.45, 7) is 4.50. The Balaban J connectivity index is 0.00000353. The number of carbonyl (C=O) groups excluding carboxylic acids is 1. The van der Waals surface area contributed by atoms with Crippen LogP contribution in [0, 0.1) is 0 Å². The number of benzene rings is 2. The van der Waals surface area contributed by atoms with Gasteiger partial charge >= 0.3 is 5.97 Å². The van der Waals surface area contributed by atoms with Crippen molar-refractivity contribution in [3.05, 3.63) is 47.2 Å². The Morgan fingerprint density at radius 1 is 1.05 bits per heavy atom. The summed E-state index contributed by atoms with van der Waals surface area (Å²) >= 11 is 0. The Morgan fingerprint density at radius 3 is 2.41 bits per heavy atom. The lowest BCUT2D eigenvalue weighted by Gasteiger charge is -2.27. The van der Waals surface area contributed by atoms with Crippen molar-refractivity contribution < 1.29 is 28.3 Å². The van der Waals surface area contributed by atoms with Crippen molar-refractivity contribution in [3.8, 4) is 17.2 Å². The first-order chi connectivity index (χ1) is 18.5. The number of hydrogen-bond donors (Lipinski definition) is 1. The van der Waals surface area contributed by atoms with Crippen LogP contribution in [0.5, 0.6) is 17.2 Å². The molecule has 1 aliphatic carbocycles. The molecule has 1 atom stereocenters. The van der Waals surface area contributed by atoms with E-state index in [-0.39, 0.29) is 36.6 Å². The Kier molecular flexibility index (Phi) is 9.46. The predicted molar refractivity (Wildman–Crippen MR) is 154 cm³/mol. The van der Waals surface area contributed by atoms with E-state index in [4.69, 9.17) is 14.2 Å². The highest BCUT2D eigenvalue weighted by Crippen LogP contribution is 2.45. The average Bonchev–Trinajstić information content (AvgIpc) is 3.72. The zero-order chi connectivity index (χ0) is 26.8. The molecule has 2 aromatic carbocycles. The number of phenolic OH excluding ortho intramolecular Hbond substituents is 1. The number of likely N-dealkylation sites (tertiary alicyclic amines) is 1. The second-order valence-corrected chi connectivity index (χ2v) is 11.4. The summed E-state index contributed by atoms with van der Waals surface area (Å²) in [5, 5.41) is 11.7. The van der Waals surface area contributed by atoms with Gasteiger partial charge in [0.25, 0.3) is 0 Å². The maximum absolute atomic E-state index is 13.7. The van der Waals surface area contributed by atoms with Crippen molar-refractivity contribution in [2.45, 2.75) is 62.3 Å². The van der Waals surface area contributed by atoms with Crippen LogP contribution in [0.4, 0.5) is 0 Å². The average molecular weight is 577 g/mol. The number of esters is 1. The van der Waals surface area contributed by atoms with Crippen LogP contribution in [0.3, 0.4) is 0 Å². The zero-order valence-electron chi connectivity index (χ0n) is 22.7. The molecule has 1 unspecified atom stereocenters. The number of piperidine rings is 1. The first-order valence-corrected chi connectivity index (χ1v) is 14.7. The van der Waals surface area contributed by atoms with E-state index in [9.17, 15) is 14.1 Å². The molecule has 0 radical (unpaired) electrons. The molecule has 2 fully saturated rings. The molecular weight excluding hydrogens is 540 g/mol. The highest BCUT2D eigenvalue weighted by Gasteiger charge is 2.35. The minimum Gasteiger partial charge on any atom is -0.508 e. The van der Waals surface area contributed by atoms with Crippen LogP contribution in [-0.2, 0) is 27.8 Å². The first-order valence-electron chi connectivity index (χ1n) is 13.3. The molecule has 5 rings (SSSR count). The fourth-order valence-electron chi connectivity index (χ4n) is 5.50. The van der Waals surface area contributed by atoms with E-state index in [0.29, 0.717) is 34.2 Å². The minimum atomic E-state index is -1.47. The number of nitrogens with zero attached hydrogens (tertiary/aromatic N) is 2. The second kappa shape index (κ2) is 12.6. The number of carbonyl (C=O) groups is 1. The summed E-state index contributed by atoms with van der Waals surface area (Å²) in [6.07, 6.45) is 5.44. The molecule has 0 amide bonds. The number of ether oxygens (including phenoxy) is 3. The monoisotopic (exact) mass is 576 g/mol. The van der Waals surface area contributed by atoms with Gasteiger partial charge in [-0.2, -0.15) is 0 Å². The standard InChI is InChI=1S/C29H36N2O6S.ClH/c1-4-37-29(33)28-23(18-38(34)20-10-13-25(35-2)26(16-20)36-3)31(19-8-9-19)22-11-12-24(32)21(27(22)28)17-30-14-6-5-7-15-30;/h10-13,16,19,32H,4-9,14-15,17-18H2,1-3H3;1H. The van der Waals surface area contributed by atoms with Gasteiger partial charge in [0.1, 0.15) is 5.75 Å². The molecule has 1 aromatic heterocycles. The maximum Gasteiger partial charge on any atom is 0.340 e. The predicted octanol–water partition coefficient (Wildman–Crippen LogP) is 5.59. The van der Waals surface area contributed by atoms with E-state index in [2.05, 4.69) is 9.47 Å². The van der Waals surface area contributed by atoms with Gasteiger partial charge in [-0.05, 0) is 70.0 Å². The molecule has 10 heteroatoms. The third kappa shape index (κ3) is 5.90. The molecule has 1 saturated carbocycles. The lowest BCUT2D eigenvalue weighted by Crippen LogP contribution is -2.29. The normalized spacial score (nSPS) is 16.5. The molecule has 1 N–H and O–H groups in total. The fraction of sp³-hybridized carbons (Fsp3) is 0.483. The smallest absolute Gasteiger partial charge is 0.340 e. The number of methoxy groups -OCH3 is 2. The lowest BCUT2D eigenvalue weighted by atomic mass is 10.0. The molecule has 8 nitrogen and oxygen atoms in total. The number of fused-ring (bicyclic) bond motifs is 1. The molecule has 2 heterocycles. The molecular formula is C29H37ClN2O6S. The Hall–Kier alpha value is -2.75. The topological polar surface area (TPSA) is 90.2 Å². The highest BCUT2D eigenvalue weighted by atomic mass is 35.5. The Bertz CT molecular complexity index is 1360. The molecule has 1 saturated heterocycles. The Labute approximate surface area is 238 Å². The van der Waals surface area contributed by atoms with Crippen LogP contribution in [-0.4, -0.2) is 58.7 Å². The summed E-state index contributed by atoms with van der Waals surface area (Å²) in [5.41, 5.74) is 2.75. The number of rotatable bonds is 10. The van der Waals surface area contributed by atoms with Crippen LogP contribution < -0.4 is 9.47 Å². The van der Waals surface area contributed by atoms with Crippen LogP contribution in [0.1, 0.15) is 66.7 Å². The largest absolute Gasteiger partial charge is 0.508 e. The number of halogens is 1. The van der Waals surface area contributed by atoms with Gasteiger partial charge in [0, 0.05) is 45.7 Å². The Morgan fingerprint density at radius 2 is 1.77 bits per heavy atom. The molecule has 3 aromatic rings. The van der Waals surface area contributed by atoms with Crippen molar-refractivity contribution in [2.24, 2.45) is 0 Å². The van der Waals surface area contributed by atoms with Crippen LogP contribution in [0.2, 0.25) is 0 Å². The van der Waals surface area contributed by atoms with Gasteiger partial charge in [0.15, 0.2) is 11.5 Å². The molecule has 1 aliphatic heterocycles. The zero-order valence-corrected chi connectivity index (χ0v) is 24.4. The minimum absolute atomic E-state index is 0. The summed E-state index contributed by atoms with van der Waals surface area (Å²) < 4.78 is 32.2. The molecule has 0 bridgehead atoms. The van der Waals surface area contributed by atoms with Gasteiger partial charge in [0.2, 0.25) is 0 Å². The number of hydrogen-bond acceptors (Lipinski definition) is 7. The van der Waals surface area contributed by atoms with Crippen molar-refractivity contribution >= 4 is 40.1 Å². The van der Waals surface area contributed by atoms with Crippen molar-refractivity contribution in [3.63, 3.8) is 0 Å². The SMILES string of the molecule is CCOC(=O)c1c(CS(=O)c2ccc(OC)c(OC)c2)n(C2CC2)c2ccc(O)c(CN3CCCCC3)c12.Cl. The van der Waals surface area contributed by atoms with E-state index < -0.39 is 16.8 Å². The van der Waals surface area contributed by atoms with Crippen LogP contribution in [0.15, 0.2) is 35.2 Å². The van der Waals surface area contributed by atoms with Crippen molar-refractivity contribution in [1.82, 2.24) is 9.47 Å². The van der Waals surface area contributed by atoms with Crippen molar-refractivity contribution in [1.29, 1.82) is 0 Å². The summed E-state index contributed by atoms with van der Waals surface area (Å²) in [7, 11) is 1.64. The molecule has 0 spiro atoms. The van der Waals surface area contributed by atoms with Gasteiger partial charge < -0.3 is 23.9 Å². The maximum atomic E-state index is 13.7. The van der Waals surface area contributed by atoms with E-state index in [1.54, 1.807) is 45.4 Å². The van der Waals surface area contributed by atoms with E-state index >= 15 is 0 Å². The third-order valence-corrected chi connectivity index (χ3v) is 8.78. The van der Waals surface area contributed by atoms with Crippen LogP contribution in [0.25, 0.3) is 10.9 Å². The quantitative estimate of drug-likeness (QED) is 0.315. The number of aromatic nitrogens is 1. The van der Waals surface area contributed by atoms with Gasteiger partial charge in [-0.25, -0.2) is 4.79 Å². The van der Waals surface area contributed by atoms with E-state index in [1.165, 1.54) is 6.42 Å². The van der Waals surface area contributed by atoms with Crippen LogP contribution >= 0.6 is 12.4 Å². The van der Waals surface area contributed by atoms with Gasteiger partial charge in [-0.15, -0.1) is 12.4 Å². The van der Waals surface area contributed by atoms with Gasteiger partial charge in [0.05, 0.1) is 42.9 Å². The molecule has 39 heavy (non-hydrogen) atoms. The van der Waals surface area contributed by atoms with Gasteiger partial charge in [-0.1, -0.05) is 6.42 Å².